The van der Waals surface area contributed by atoms with Crippen LogP contribution >= 0.6 is 23.2 Å². The van der Waals surface area contributed by atoms with Crippen molar-refractivity contribution < 1.29 is 18.0 Å². The van der Waals surface area contributed by atoms with Crippen molar-refractivity contribution in [3.8, 4) is 0 Å². The number of hydrogen-bond donors (Lipinski definition) is 1. The first kappa shape index (κ1) is 32.4. The number of nitrogens with one attached hydrogen (secondary N) is 1. The van der Waals surface area contributed by atoms with Gasteiger partial charge in [0.1, 0.15) is 12.6 Å². The standard InChI is InChI=1S/C31H37Cl2N3O4S/c1-6-15-34-31(38)29(7-2)35(19-26-27(32)9-8-10-28(26)33)30(37)20-36(24-17-22(4)16-23(5)18-24)41(39,40)25-13-11-21(3)12-14-25/h8-14,16-18,29H,6-7,15,19-20H2,1-5H3,(H,34,38)/t29-/m0/s1. The Bertz CT molecular complexity index is 1450. The van der Waals surface area contributed by atoms with Gasteiger partial charge < -0.3 is 10.2 Å². The Morgan fingerprint density at radius 1 is 0.878 bits per heavy atom. The average Bonchev–Trinajstić information content (AvgIpc) is 2.91. The molecule has 3 rings (SSSR count). The minimum absolute atomic E-state index is 0.0588. The number of aryl methyl sites for hydroxylation is 3. The summed E-state index contributed by atoms with van der Waals surface area (Å²) in [6.45, 7) is 9.19. The second-order valence-corrected chi connectivity index (χ2v) is 12.8. The highest BCUT2D eigenvalue weighted by atomic mass is 35.5. The van der Waals surface area contributed by atoms with E-state index in [1.807, 2.05) is 33.8 Å². The third-order valence-electron chi connectivity index (χ3n) is 6.71. The van der Waals surface area contributed by atoms with Gasteiger partial charge in [-0.2, -0.15) is 0 Å². The summed E-state index contributed by atoms with van der Waals surface area (Å²) in [6, 6.07) is 16.0. The van der Waals surface area contributed by atoms with Crippen LogP contribution in [0.2, 0.25) is 10.0 Å². The minimum atomic E-state index is -4.16. The molecular formula is C31H37Cl2N3O4S. The van der Waals surface area contributed by atoms with Gasteiger partial charge in [-0.25, -0.2) is 8.42 Å². The number of halogens is 2. The van der Waals surface area contributed by atoms with Gasteiger partial charge in [0.2, 0.25) is 11.8 Å². The Morgan fingerprint density at radius 3 is 2.00 bits per heavy atom. The molecule has 0 bridgehead atoms. The number of rotatable bonds is 12. The van der Waals surface area contributed by atoms with Gasteiger partial charge in [-0.05, 0) is 81.1 Å². The third-order valence-corrected chi connectivity index (χ3v) is 9.20. The number of sulfonamides is 1. The largest absolute Gasteiger partial charge is 0.354 e. The molecule has 3 aromatic carbocycles. The molecule has 0 aliphatic heterocycles. The van der Waals surface area contributed by atoms with Crippen LogP contribution in [-0.4, -0.2) is 44.3 Å². The summed E-state index contributed by atoms with van der Waals surface area (Å²) >= 11 is 12.9. The van der Waals surface area contributed by atoms with Crippen molar-refractivity contribution in [2.75, 3.05) is 17.4 Å². The second kappa shape index (κ2) is 14.2. The van der Waals surface area contributed by atoms with Gasteiger partial charge in [0.15, 0.2) is 0 Å². The fourth-order valence-electron chi connectivity index (χ4n) is 4.60. The van der Waals surface area contributed by atoms with Crippen molar-refractivity contribution in [2.45, 2.75) is 64.9 Å². The van der Waals surface area contributed by atoms with Crippen molar-refractivity contribution in [1.82, 2.24) is 10.2 Å². The fraction of sp³-hybridized carbons (Fsp3) is 0.355. The third kappa shape index (κ3) is 8.03. The number of nitrogens with zero attached hydrogens (tertiary/aromatic N) is 2. The first-order valence-electron chi connectivity index (χ1n) is 13.6. The van der Waals surface area contributed by atoms with E-state index in [0.717, 1.165) is 27.4 Å². The first-order valence-corrected chi connectivity index (χ1v) is 15.8. The van der Waals surface area contributed by atoms with E-state index < -0.39 is 28.5 Å². The van der Waals surface area contributed by atoms with Crippen molar-refractivity contribution in [3.05, 3.63) is 93.0 Å². The summed E-state index contributed by atoms with van der Waals surface area (Å²) in [4.78, 5) is 28.9. The lowest BCUT2D eigenvalue weighted by atomic mass is 10.1. The van der Waals surface area contributed by atoms with Crippen molar-refractivity contribution in [1.29, 1.82) is 0 Å². The van der Waals surface area contributed by atoms with Crippen LogP contribution in [0.1, 0.15) is 48.9 Å². The number of carbonyl (C=O) groups is 2. The molecule has 0 saturated carbocycles. The molecule has 2 amide bonds. The van der Waals surface area contributed by atoms with Gasteiger partial charge in [0, 0.05) is 28.7 Å². The molecular weight excluding hydrogens is 581 g/mol. The van der Waals surface area contributed by atoms with Crippen LogP contribution in [-0.2, 0) is 26.2 Å². The van der Waals surface area contributed by atoms with E-state index in [2.05, 4.69) is 5.32 Å². The summed E-state index contributed by atoms with van der Waals surface area (Å²) in [6.07, 6.45) is 1.03. The number of hydrogen-bond acceptors (Lipinski definition) is 4. The number of benzene rings is 3. The number of anilines is 1. The van der Waals surface area contributed by atoms with Crippen LogP contribution in [0, 0.1) is 20.8 Å². The topological polar surface area (TPSA) is 86.8 Å². The maximum atomic E-state index is 14.2. The molecule has 0 aromatic heterocycles. The molecule has 7 nitrogen and oxygen atoms in total. The number of amides is 2. The molecule has 0 aliphatic carbocycles. The Balaban J connectivity index is 2.12. The normalized spacial score (nSPS) is 12.1. The average molecular weight is 619 g/mol. The highest BCUT2D eigenvalue weighted by Crippen LogP contribution is 2.29. The lowest BCUT2D eigenvalue weighted by Crippen LogP contribution is -2.52. The molecule has 0 aliphatic rings. The van der Waals surface area contributed by atoms with E-state index in [4.69, 9.17) is 23.2 Å². The van der Waals surface area contributed by atoms with Crippen LogP contribution in [0.25, 0.3) is 0 Å². The summed E-state index contributed by atoms with van der Waals surface area (Å²) in [5, 5.41) is 3.55. The zero-order chi connectivity index (χ0) is 30.3. The Labute approximate surface area is 253 Å². The highest BCUT2D eigenvalue weighted by molar-refractivity contribution is 7.92. The van der Waals surface area contributed by atoms with E-state index in [9.17, 15) is 18.0 Å². The molecule has 0 heterocycles. The van der Waals surface area contributed by atoms with Crippen LogP contribution in [0.3, 0.4) is 0 Å². The summed E-state index contributed by atoms with van der Waals surface area (Å²) < 4.78 is 29.2. The Hall–Kier alpha value is -3.07. The molecule has 1 N–H and O–H groups in total. The first-order chi connectivity index (χ1) is 19.4. The minimum Gasteiger partial charge on any atom is -0.354 e. The van der Waals surface area contributed by atoms with Gasteiger partial charge in [0.25, 0.3) is 10.0 Å². The molecule has 0 unspecified atom stereocenters. The zero-order valence-corrected chi connectivity index (χ0v) is 26.4. The van der Waals surface area contributed by atoms with Gasteiger partial charge in [-0.1, -0.05) is 66.9 Å². The molecule has 0 saturated heterocycles. The smallest absolute Gasteiger partial charge is 0.264 e. The summed E-state index contributed by atoms with van der Waals surface area (Å²) in [5.74, 6) is -0.889. The SMILES string of the molecule is CCCNC(=O)[C@H](CC)N(Cc1c(Cl)cccc1Cl)C(=O)CN(c1cc(C)cc(C)c1)S(=O)(=O)c1ccc(C)cc1. The van der Waals surface area contributed by atoms with Gasteiger partial charge in [-0.15, -0.1) is 0 Å². The molecule has 220 valence electrons. The Kier molecular flexibility index (Phi) is 11.2. The van der Waals surface area contributed by atoms with E-state index >= 15 is 0 Å². The predicted octanol–water partition coefficient (Wildman–Crippen LogP) is 6.45. The van der Waals surface area contributed by atoms with Gasteiger partial charge in [-0.3, -0.25) is 13.9 Å². The molecule has 3 aromatic rings. The fourth-order valence-corrected chi connectivity index (χ4v) is 6.51. The second-order valence-electron chi connectivity index (χ2n) is 10.1. The van der Waals surface area contributed by atoms with Gasteiger partial charge in [0.05, 0.1) is 10.6 Å². The molecule has 0 radical (unpaired) electrons. The molecule has 0 spiro atoms. The van der Waals surface area contributed by atoms with Crippen LogP contribution in [0.5, 0.6) is 0 Å². The van der Waals surface area contributed by atoms with E-state index in [-0.39, 0.29) is 17.3 Å². The van der Waals surface area contributed by atoms with Crippen LogP contribution < -0.4 is 9.62 Å². The van der Waals surface area contributed by atoms with E-state index in [1.165, 1.54) is 17.0 Å². The summed E-state index contributed by atoms with van der Waals surface area (Å²) in [7, 11) is -4.16. The molecule has 41 heavy (non-hydrogen) atoms. The maximum absolute atomic E-state index is 14.2. The highest BCUT2D eigenvalue weighted by Gasteiger charge is 2.34. The van der Waals surface area contributed by atoms with Crippen molar-refractivity contribution >= 4 is 50.7 Å². The molecule has 1 atom stereocenters. The molecule has 10 heteroatoms. The summed E-state index contributed by atoms with van der Waals surface area (Å²) in [5.41, 5.74) is 3.44. The molecule has 0 fully saturated rings. The van der Waals surface area contributed by atoms with Crippen LogP contribution in [0.15, 0.2) is 65.6 Å². The number of carbonyl (C=O) groups excluding carboxylic acids is 2. The van der Waals surface area contributed by atoms with Gasteiger partial charge >= 0.3 is 0 Å². The lowest BCUT2D eigenvalue weighted by molar-refractivity contribution is -0.140. The van der Waals surface area contributed by atoms with E-state index in [0.29, 0.717) is 34.3 Å². The lowest BCUT2D eigenvalue weighted by Gasteiger charge is -2.33. The van der Waals surface area contributed by atoms with Crippen molar-refractivity contribution in [2.24, 2.45) is 0 Å². The van der Waals surface area contributed by atoms with E-state index in [1.54, 1.807) is 49.4 Å². The Morgan fingerprint density at radius 2 is 1.46 bits per heavy atom. The zero-order valence-electron chi connectivity index (χ0n) is 24.1. The monoisotopic (exact) mass is 617 g/mol. The quantitative estimate of drug-likeness (QED) is 0.253. The predicted molar refractivity (Wildman–Crippen MR) is 166 cm³/mol. The maximum Gasteiger partial charge on any atom is 0.264 e. The van der Waals surface area contributed by atoms with Crippen molar-refractivity contribution in [3.63, 3.8) is 0 Å². The van der Waals surface area contributed by atoms with Crippen LogP contribution in [0.4, 0.5) is 5.69 Å².